The number of aromatic amines is 1. The zero-order valence-corrected chi connectivity index (χ0v) is 11.4. The van der Waals surface area contributed by atoms with E-state index >= 15 is 0 Å². The Morgan fingerprint density at radius 1 is 1.22 bits per heavy atom. The predicted molar refractivity (Wildman–Crippen MR) is 66.3 cm³/mol. The van der Waals surface area contributed by atoms with Crippen molar-refractivity contribution in [2.45, 2.75) is 39.7 Å². The van der Waals surface area contributed by atoms with Gasteiger partial charge < -0.3 is 14.5 Å². The number of esters is 2. The molecule has 1 atom stereocenters. The summed E-state index contributed by atoms with van der Waals surface area (Å²) in [5, 5.41) is 0. The summed E-state index contributed by atoms with van der Waals surface area (Å²) >= 11 is 0. The third kappa shape index (κ3) is 3.12. The van der Waals surface area contributed by atoms with Crippen LogP contribution in [0.4, 0.5) is 0 Å². The summed E-state index contributed by atoms with van der Waals surface area (Å²) < 4.78 is 9.78. The SMILES string of the molecule is COC(=O)C(C(=O)OC(C)C)c1cc(C)[nH]c1C. The van der Waals surface area contributed by atoms with E-state index in [1.54, 1.807) is 26.8 Å². The molecule has 1 N–H and O–H groups in total. The molecule has 0 aliphatic heterocycles. The lowest BCUT2D eigenvalue weighted by atomic mass is 9.99. The highest BCUT2D eigenvalue weighted by Crippen LogP contribution is 2.24. The normalized spacial score (nSPS) is 12.3. The van der Waals surface area contributed by atoms with E-state index in [-0.39, 0.29) is 6.10 Å². The van der Waals surface area contributed by atoms with Crippen molar-refractivity contribution in [1.82, 2.24) is 4.98 Å². The fraction of sp³-hybridized carbons (Fsp3) is 0.538. The average Bonchev–Trinajstić information content (AvgIpc) is 2.57. The van der Waals surface area contributed by atoms with Gasteiger partial charge in [0.2, 0.25) is 0 Å². The molecule has 100 valence electrons. The summed E-state index contributed by atoms with van der Waals surface area (Å²) in [6.07, 6.45) is -0.273. The quantitative estimate of drug-likeness (QED) is 0.656. The first-order valence-corrected chi connectivity index (χ1v) is 5.81. The van der Waals surface area contributed by atoms with Gasteiger partial charge in [-0.05, 0) is 39.3 Å². The van der Waals surface area contributed by atoms with Gasteiger partial charge in [0.25, 0.3) is 0 Å². The van der Waals surface area contributed by atoms with E-state index in [1.807, 2.05) is 6.92 Å². The van der Waals surface area contributed by atoms with E-state index in [4.69, 9.17) is 4.74 Å². The minimum absolute atomic E-state index is 0.273. The number of H-pyrrole nitrogens is 1. The molecule has 0 aromatic carbocycles. The second-order valence-corrected chi connectivity index (χ2v) is 4.47. The Kier molecular flexibility index (Phi) is 4.53. The third-order valence-corrected chi connectivity index (χ3v) is 2.53. The fourth-order valence-electron chi connectivity index (χ4n) is 1.81. The highest BCUT2D eigenvalue weighted by Gasteiger charge is 2.33. The lowest BCUT2D eigenvalue weighted by Gasteiger charge is -2.15. The lowest BCUT2D eigenvalue weighted by molar-refractivity contribution is -0.158. The number of aryl methyl sites for hydroxylation is 2. The Labute approximate surface area is 106 Å². The molecule has 1 aromatic heterocycles. The van der Waals surface area contributed by atoms with Gasteiger partial charge in [-0.25, -0.2) is 0 Å². The molecule has 1 unspecified atom stereocenters. The van der Waals surface area contributed by atoms with E-state index < -0.39 is 17.9 Å². The lowest BCUT2D eigenvalue weighted by Crippen LogP contribution is -2.27. The van der Waals surface area contributed by atoms with Crippen molar-refractivity contribution in [1.29, 1.82) is 0 Å². The Balaban J connectivity index is 3.10. The summed E-state index contributed by atoms with van der Waals surface area (Å²) in [7, 11) is 1.26. The van der Waals surface area contributed by atoms with E-state index in [1.165, 1.54) is 7.11 Å². The van der Waals surface area contributed by atoms with Gasteiger partial charge in [0, 0.05) is 11.4 Å². The first kappa shape index (κ1) is 14.3. The van der Waals surface area contributed by atoms with Crippen molar-refractivity contribution >= 4 is 11.9 Å². The first-order valence-electron chi connectivity index (χ1n) is 5.81. The van der Waals surface area contributed by atoms with Crippen molar-refractivity contribution < 1.29 is 19.1 Å². The third-order valence-electron chi connectivity index (χ3n) is 2.53. The van der Waals surface area contributed by atoms with Crippen LogP contribution in [0.15, 0.2) is 6.07 Å². The molecule has 5 heteroatoms. The average molecular weight is 253 g/mol. The first-order chi connectivity index (χ1) is 8.36. The van der Waals surface area contributed by atoms with E-state index in [0.717, 1.165) is 11.4 Å². The predicted octanol–water partition coefficient (Wildman–Crippen LogP) is 1.84. The second kappa shape index (κ2) is 5.71. The monoisotopic (exact) mass is 253 g/mol. The van der Waals surface area contributed by atoms with Crippen LogP contribution in [0, 0.1) is 13.8 Å². The number of aromatic nitrogens is 1. The van der Waals surface area contributed by atoms with Crippen molar-refractivity contribution in [3.8, 4) is 0 Å². The number of methoxy groups -OCH3 is 1. The van der Waals surface area contributed by atoms with Gasteiger partial charge in [-0.3, -0.25) is 9.59 Å². The minimum atomic E-state index is -1.03. The molecule has 0 radical (unpaired) electrons. The maximum absolute atomic E-state index is 12.0. The summed E-state index contributed by atoms with van der Waals surface area (Å²) in [4.78, 5) is 26.8. The minimum Gasteiger partial charge on any atom is -0.468 e. The maximum Gasteiger partial charge on any atom is 0.325 e. The van der Waals surface area contributed by atoms with Gasteiger partial charge in [-0.2, -0.15) is 0 Å². The van der Waals surface area contributed by atoms with Crippen LogP contribution in [0.5, 0.6) is 0 Å². The van der Waals surface area contributed by atoms with Crippen LogP contribution in [0.1, 0.15) is 36.7 Å². The number of nitrogens with one attached hydrogen (secondary N) is 1. The number of ether oxygens (including phenoxy) is 2. The van der Waals surface area contributed by atoms with Gasteiger partial charge in [-0.1, -0.05) is 0 Å². The Morgan fingerprint density at radius 2 is 1.83 bits per heavy atom. The van der Waals surface area contributed by atoms with Crippen LogP contribution in [0.25, 0.3) is 0 Å². The second-order valence-electron chi connectivity index (χ2n) is 4.47. The van der Waals surface area contributed by atoms with Gasteiger partial charge in [0.05, 0.1) is 13.2 Å². The van der Waals surface area contributed by atoms with Crippen molar-refractivity contribution in [3.05, 3.63) is 23.0 Å². The number of carbonyl (C=O) groups excluding carboxylic acids is 2. The van der Waals surface area contributed by atoms with Crippen molar-refractivity contribution in [2.75, 3.05) is 7.11 Å². The van der Waals surface area contributed by atoms with Gasteiger partial charge in [0.15, 0.2) is 5.92 Å². The number of hydrogen-bond donors (Lipinski definition) is 1. The molecule has 18 heavy (non-hydrogen) atoms. The Morgan fingerprint density at radius 3 is 2.22 bits per heavy atom. The zero-order chi connectivity index (χ0) is 13.9. The van der Waals surface area contributed by atoms with Crippen LogP contribution in [0.3, 0.4) is 0 Å². The fourth-order valence-corrected chi connectivity index (χ4v) is 1.81. The summed E-state index contributed by atoms with van der Waals surface area (Å²) in [6.45, 7) is 7.14. The molecule has 1 aromatic rings. The summed E-state index contributed by atoms with van der Waals surface area (Å²) in [6, 6.07) is 1.76. The Hall–Kier alpha value is -1.78. The molecule has 0 aliphatic rings. The molecular weight excluding hydrogens is 234 g/mol. The van der Waals surface area contributed by atoms with Crippen LogP contribution in [-0.2, 0) is 19.1 Å². The van der Waals surface area contributed by atoms with E-state index in [9.17, 15) is 9.59 Å². The topological polar surface area (TPSA) is 68.4 Å². The van der Waals surface area contributed by atoms with Gasteiger partial charge in [-0.15, -0.1) is 0 Å². The highest BCUT2D eigenvalue weighted by molar-refractivity contribution is 6.01. The molecule has 0 bridgehead atoms. The van der Waals surface area contributed by atoms with Crippen LogP contribution < -0.4 is 0 Å². The van der Waals surface area contributed by atoms with Crippen LogP contribution >= 0.6 is 0 Å². The van der Waals surface area contributed by atoms with Gasteiger partial charge in [0.1, 0.15) is 0 Å². The molecule has 0 saturated heterocycles. The molecule has 5 nitrogen and oxygen atoms in total. The number of hydrogen-bond acceptors (Lipinski definition) is 4. The summed E-state index contributed by atoms with van der Waals surface area (Å²) in [5.41, 5.74) is 2.25. The van der Waals surface area contributed by atoms with Crippen LogP contribution in [0.2, 0.25) is 0 Å². The largest absolute Gasteiger partial charge is 0.468 e. The molecule has 1 heterocycles. The molecule has 0 saturated carbocycles. The Bertz CT molecular complexity index is 448. The molecule has 0 aliphatic carbocycles. The number of rotatable bonds is 4. The van der Waals surface area contributed by atoms with Crippen molar-refractivity contribution in [3.63, 3.8) is 0 Å². The molecular formula is C13H19NO4. The van der Waals surface area contributed by atoms with Gasteiger partial charge >= 0.3 is 11.9 Å². The zero-order valence-electron chi connectivity index (χ0n) is 11.4. The smallest absolute Gasteiger partial charge is 0.325 e. The van der Waals surface area contributed by atoms with E-state index in [0.29, 0.717) is 5.56 Å². The van der Waals surface area contributed by atoms with Crippen molar-refractivity contribution in [2.24, 2.45) is 0 Å². The molecule has 0 amide bonds. The molecule has 0 spiro atoms. The van der Waals surface area contributed by atoms with Crippen LogP contribution in [-0.4, -0.2) is 30.1 Å². The molecule has 1 rings (SSSR count). The standard InChI is InChI=1S/C13H19NO4/c1-7(2)18-13(16)11(12(15)17-5)10-6-8(3)14-9(10)4/h6-7,11,14H,1-5H3. The maximum atomic E-state index is 12.0. The highest BCUT2D eigenvalue weighted by atomic mass is 16.6. The number of carbonyl (C=O) groups is 2. The van der Waals surface area contributed by atoms with E-state index in [2.05, 4.69) is 9.72 Å². The molecule has 0 fully saturated rings. The summed E-state index contributed by atoms with van der Waals surface area (Å²) in [5.74, 6) is -2.22.